The Hall–Kier alpha value is -2.17. The van der Waals surface area contributed by atoms with Crippen molar-refractivity contribution in [3.05, 3.63) is 36.6 Å². The van der Waals surface area contributed by atoms with Gasteiger partial charge in [-0.05, 0) is 6.07 Å². The van der Waals surface area contributed by atoms with Crippen LogP contribution in [-0.4, -0.2) is 21.0 Å². The molecule has 70 valence electrons. The van der Waals surface area contributed by atoms with Crippen molar-refractivity contribution in [1.29, 1.82) is 0 Å². The molecule has 0 atom stereocenters. The van der Waals surface area contributed by atoms with E-state index < -0.39 is 5.97 Å². The summed E-state index contributed by atoms with van der Waals surface area (Å²) in [6.07, 6.45) is 5.69. The zero-order valence-electron chi connectivity index (χ0n) is 7.04. The summed E-state index contributed by atoms with van der Waals surface area (Å²) < 4.78 is 5.05. The van der Waals surface area contributed by atoms with E-state index in [9.17, 15) is 4.79 Å². The standard InChI is InChI=1S/C9H6N2O3/c12-9(13)7-1-2-14-8(7)6-3-10-5-11-4-6/h1-5H,(H,12,13). The van der Waals surface area contributed by atoms with Gasteiger partial charge in [0.05, 0.1) is 11.8 Å². The Morgan fingerprint density at radius 1 is 1.36 bits per heavy atom. The van der Waals surface area contributed by atoms with E-state index in [-0.39, 0.29) is 11.3 Å². The van der Waals surface area contributed by atoms with Crippen LogP contribution in [0.4, 0.5) is 0 Å². The van der Waals surface area contributed by atoms with Crippen LogP contribution in [-0.2, 0) is 0 Å². The molecule has 0 aromatic carbocycles. The van der Waals surface area contributed by atoms with Gasteiger partial charge in [-0.2, -0.15) is 0 Å². The second-order valence-corrected chi connectivity index (χ2v) is 2.60. The lowest BCUT2D eigenvalue weighted by molar-refractivity contribution is 0.0697. The molecule has 2 aromatic heterocycles. The van der Waals surface area contributed by atoms with E-state index in [1.165, 1.54) is 31.1 Å². The fourth-order valence-corrected chi connectivity index (χ4v) is 1.12. The largest absolute Gasteiger partial charge is 0.478 e. The van der Waals surface area contributed by atoms with Gasteiger partial charge < -0.3 is 9.52 Å². The van der Waals surface area contributed by atoms with Crippen LogP contribution in [0, 0.1) is 0 Å². The minimum atomic E-state index is -1.03. The fourth-order valence-electron chi connectivity index (χ4n) is 1.12. The maximum absolute atomic E-state index is 10.8. The van der Waals surface area contributed by atoms with Gasteiger partial charge in [0.15, 0.2) is 5.76 Å². The smallest absolute Gasteiger partial charge is 0.339 e. The van der Waals surface area contributed by atoms with Crippen LogP contribution in [0.1, 0.15) is 10.4 Å². The van der Waals surface area contributed by atoms with E-state index in [0.717, 1.165) is 0 Å². The predicted octanol–water partition coefficient (Wildman–Crippen LogP) is 1.43. The first-order valence-electron chi connectivity index (χ1n) is 3.85. The maximum atomic E-state index is 10.8. The number of aromatic carboxylic acids is 1. The van der Waals surface area contributed by atoms with E-state index in [1.54, 1.807) is 0 Å². The van der Waals surface area contributed by atoms with E-state index in [1.807, 2.05) is 0 Å². The van der Waals surface area contributed by atoms with Crippen LogP contribution in [0.2, 0.25) is 0 Å². The molecule has 1 N–H and O–H groups in total. The van der Waals surface area contributed by atoms with Gasteiger partial charge in [0.1, 0.15) is 11.9 Å². The third-order valence-electron chi connectivity index (χ3n) is 1.72. The molecule has 0 aliphatic carbocycles. The van der Waals surface area contributed by atoms with Crippen molar-refractivity contribution >= 4 is 5.97 Å². The van der Waals surface area contributed by atoms with Crippen molar-refractivity contribution in [1.82, 2.24) is 9.97 Å². The second kappa shape index (κ2) is 3.29. The Bertz CT molecular complexity index is 450. The minimum absolute atomic E-state index is 0.111. The van der Waals surface area contributed by atoms with Gasteiger partial charge in [-0.25, -0.2) is 14.8 Å². The first kappa shape index (κ1) is 8.43. The van der Waals surface area contributed by atoms with Crippen LogP contribution in [0.15, 0.2) is 35.5 Å². The fraction of sp³-hybridized carbons (Fsp3) is 0. The predicted molar refractivity (Wildman–Crippen MR) is 46.7 cm³/mol. The van der Waals surface area contributed by atoms with Crippen LogP contribution in [0.3, 0.4) is 0 Å². The summed E-state index contributed by atoms with van der Waals surface area (Å²) in [6, 6.07) is 1.39. The van der Waals surface area contributed by atoms with Gasteiger partial charge in [-0.15, -0.1) is 0 Å². The highest BCUT2D eigenvalue weighted by molar-refractivity contribution is 5.94. The van der Waals surface area contributed by atoms with Crippen molar-refractivity contribution in [3.63, 3.8) is 0 Å². The Morgan fingerprint density at radius 3 is 2.71 bits per heavy atom. The lowest BCUT2D eigenvalue weighted by Crippen LogP contribution is -1.96. The number of nitrogens with zero attached hydrogens (tertiary/aromatic N) is 2. The Kier molecular flexibility index (Phi) is 1.98. The third-order valence-corrected chi connectivity index (χ3v) is 1.72. The van der Waals surface area contributed by atoms with Gasteiger partial charge in [0, 0.05) is 12.4 Å². The maximum Gasteiger partial charge on any atom is 0.339 e. The number of rotatable bonds is 2. The van der Waals surface area contributed by atoms with Gasteiger partial charge in [-0.3, -0.25) is 0 Å². The van der Waals surface area contributed by atoms with Crippen molar-refractivity contribution in [2.75, 3.05) is 0 Å². The molecule has 5 heteroatoms. The summed E-state index contributed by atoms with van der Waals surface area (Å²) >= 11 is 0. The molecule has 0 radical (unpaired) electrons. The quantitative estimate of drug-likeness (QED) is 0.775. The lowest BCUT2D eigenvalue weighted by atomic mass is 10.2. The summed E-state index contributed by atoms with van der Waals surface area (Å²) in [5.74, 6) is -0.754. The Labute approximate surface area is 79.0 Å². The molecule has 5 nitrogen and oxygen atoms in total. The molecule has 2 aromatic rings. The summed E-state index contributed by atoms with van der Waals surface area (Å²) in [6.45, 7) is 0. The van der Waals surface area contributed by atoms with E-state index in [0.29, 0.717) is 5.56 Å². The SMILES string of the molecule is O=C(O)c1ccoc1-c1cncnc1. The molecule has 2 heterocycles. The average molecular weight is 190 g/mol. The number of carboxylic acids is 1. The zero-order valence-corrected chi connectivity index (χ0v) is 7.04. The van der Waals surface area contributed by atoms with E-state index in [4.69, 9.17) is 9.52 Å². The molecule has 14 heavy (non-hydrogen) atoms. The van der Waals surface area contributed by atoms with E-state index in [2.05, 4.69) is 9.97 Å². The zero-order chi connectivity index (χ0) is 9.97. The summed E-state index contributed by atoms with van der Waals surface area (Å²) in [5.41, 5.74) is 0.662. The normalized spacial score (nSPS) is 10.0. The lowest BCUT2D eigenvalue weighted by Gasteiger charge is -1.96. The summed E-state index contributed by atoms with van der Waals surface area (Å²) in [7, 11) is 0. The third kappa shape index (κ3) is 1.35. The Balaban J connectivity index is 2.52. The van der Waals surface area contributed by atoms with Crippen molar-refractivity contribution in [2.24, 2.45) is 0 Å². The molecule has 0 aliphatic heterocycles. The topological polar surface area (TPSA) is 76.2 Å². The average Bonchev–Trinajstić information content (AvgIpc) is 2.67. The van der Waals surface area contributed by atoms with Gasteiger partial charge in [0.2, 0.25) is 0 Å². The Morgan fingerprint density at radius 2 is 2.07 bits per heavy atom. The molecule has 0 fully saturated rings. The highest BCUT2D eigenvalue weighted by atomic mass is 16.4. The molecule has 2 rings (SSSR count). The minimum Gasteiger partial charge on any atom is -0.478 e. The first-order chi connectivity index (χ1) is 6.79. The number of aromatic nitrogens is 2. The molecule has 0 bridgehead atoms. The van der Waals surface area contributed by atoms with Crippen LogP contribution < -0.4 is 0 Å². The molecule has 0 aliphatic rings. The molecule has 0 saturated carbocycles. The summed E-state index contributed by atoms with van der Waals surface area (Å²) in [5, 5.41) is 8.82. The number of hydrogen-bond donors (Lipinski definition) is 1. The highest BCUT2D eigenvalue weighted by Gasteiger charge is 2.14. The number of hydrogen-bond acceptors (Lipinski definition) is 4. The molecular formula is C9H6N2O3. The number of carboxylic acid groups (broad SMARTS) is 1. The molecule has 0 amide bonds. The van der Waals surface area contributed by atoms with Gasteiger partial charge >= 0.3 is 5.97 Å². The number of carbonyl (C=O) groups is 1. The number of furan rings is 1. The molecule has 0 unspecified atom stereocenters. The van der Waals surface area contributed by atoms with Crippen molar-refractivity contribution in [3.8, 4) is 11.3 Å². The van der Waals surface area contributed by atoms with Crippen molar-refractivity contribution in [2.45, 2.75) is 0 Å². The van der Waals surface area contributed by atoms with Gasteiger partial charge in [-0.1, -0.05) is 0 Å². The van der Waals surface area contributed by atoms with E-state index >= 15 is 0 Å². The molecular weight excluding hydrogens is 184 g/mol. The first-order valence-corrected chi connectivity index (χ1v) is 3.85. The van der Waals surface area contributed by atoms with Crippen LogP contribution in [0.5, 0.6) is 0 Å². The summed E-state index contributed by atoms with van der Waals surface area (Å²) in [4.78, 5) is 18.3. The monoisotopic (exact) mass is 190 g/mol. The molecule has 0 saturated heterocycles. The van der Waals surface area contributed by atoms with Crippen LogP contribution >= 0.6 is 0 Å². The van der Waals surface area contributed by atoms with Crippen LogP contribution in [0.25, 0.3) is 11.3 Å². The highest BCUT2D eigenvalue weighted by Crippen LogP contribution is 2.22. The molecule has 0 spiro atoms. The second-order valence-electron chi connectivity index (χ2n) is 2.60. The van der Waals surface area contributed by atoms with Crippen molar-refractivity contribution < 1.29 is 14.3 Å². The van der Waals surface area contributed by atoms with Gasteiger partial charge in [0.25, 0.3) is 0 Å².